The number of carbonyl (C=O) groups is 1. The molecule has 1 N–H and O–H groups in total. The maximum Gasteiger partial charge on any atom is 0.252 e. The normalized spacial score (nSPS) is 14.2. The summed E-state index contributed by atoms with van der Waals surface area (Å²) in [5, 5.41) is 3.04. The minimum atomic E-state index is -0.0197. The number of hydrogen-bond donors (Lipinski definition) is 1. The van der Waals surface area contributed by atoms with Crippen LogP contribution in [0.25, 0.3) is 0 Å². The third-order valence-electron chi connectivity index (χ3n) is 4.45. The number of amides is 1. The first-order valence-corrected chi connectivity index (χ1v) is 9.40. The van der Waals surface area contributed by atoms with Crippen molar-refractivity contribution in [2.45, 2.75) is 58.8 Å². The number of nitrogens with zero attached hydrogens (tertiary/aromatic N) is 2. The van der Waals surface area contributed by atoms with Crippen molar-refractivity contribution in [3.63, 3.8) is 0 Å². The van der Waals surface area contributed by atoms with Gasteiger partial charge < -0.3 is 10.2 Å². The molecular weight excluding hydrogens is 298 g/mol. The molecule has 0 aliphatic heterocycles. The number of rotatable bonds is 9. The molecule has 0 saturated heterocycles. The van der Waals surface area contributed by atoms with Gasteiger partial charge in [0.1, 0.15) is 0 Å². The van der Waals surface area contributed by atoms with Crippen LogP contribution < -0.4 is 10.2 Å². The Morgan fingerprint density at radius 1 is 1.21 bits per heavy atom. The molecule has 0 aromatic carbocycles. The van der Waals surface area contributed by atoms with E-state index in [1.807, 2.05) is 12.3 Å². The fourth-order valence-corrected chi connectivity index (χ4v) is 3.21. The van der Waals surface area contributed by atoms with Gasteiger partial charge in [0.25, 0.3) is 5.91 Å². The van der Waals surface area contributed by atoms with Gasteiger partial charge in [-0.2, -0.15) is 0 Å². The molecule has 1 heterocycles. The Kier molecular flexibility index (Phi) is 7.80. The van der Waals surface area contributed by atoms with Crippen LogP contribution in [-0.2, 0) is 0 Å². The predicted octanol–water partition coefficient (Wildman–Crippen LogP) is 4.33. The zero-order chi connectivity index (χ0) is 17.2. The van der Waals surface area contributed by atoms with Crippen molar-refractivity contribution < 1.29 is 4.79 Å². The number of pyridine rings is 1. The van der Waals surface area contributed by atoms with Crippen LogP contribution >= 0.6 is 0 Å². The lowest BCUT2D eigenvalue weighted by Gasteiger charge is -2.23. The first-order chi connectivity index (χ1) is 11.7. The molecule has 1 aliphatic carbocycles. The van der Waals surface area contributed by atoms with Gasteiger partial charge in [-0.3, -0.25) is 9.78 Å². The molecule has 24 heavy (non-hydrogen) atoms. The fourth-order valence-electron chi connectivity index (χ4n) is 3.21. The Morgan fingerprint density at radius 3 is 2.67 bits per heavy atom. The highest BCUT2D eigenvalue weighted by Gasteiger charge is 2.11. The zero-order valence-electron chi connectivity index (χ0n) is 15.2. The van der Waals surface area contributed by atoms with Gasteiger partial charge in [-0.05, 0) is 51.0 Å². The van der Waals surface area contributed by atoms with Crippen molar-refractivity contribution in [3.8, 4) is 0 Å². The highest BCUT2D eigenvalue weighted by molar-refractivity contribution is 5.94. The molecule has 0 saturated carbocycles. The standard InChI is InChI=1S/C20H31N3O/c1-3-12-23(13-4-2)19-14-18(15-21-16-19)20(24)22-11-10-17-8-6-5-7-9-17/h8,14-16H,3-7,9-13H2,1-2H3,(H,22,24). The van der Waals surface area contributed by atoms with Gasteiger partial charge >= 0.3 is 0 Å². The molecule has 1 aliphatic rings. The second kappa shape index (κ2) is 10.1. The Morgan fingerprint density at radius 2 is 2.00 bits per heavy atom. The first kappa shape index (κ1) is 18.5. The smallest absolute Gasteiger partial charge is 0.252 e. The van der Waals surface area contributed by atoms with Gasteiger partial charge in [0.05, 0.1) is 17.4 Å². The zero-order valence-corrected chi connectivity index (χ0v) is 15.2. The molecule has 2 rings (SSSR count). The molecule has 1 amide bonds. The predicted molar refractivity (Wildman–Crippen MR) is 101 cm³/mol. The van der Waals surface area contributed by atoms with Gasteiger partial charge in [-0.25, -0.2) is 0 Å². The molecular formula is C20H31N3O. The number of aromatic nitrogens is 1. The maximum absolute atomic E-state index is 12.4. The van der Waals surface area contributed by atoms with E-state index in [1.54, 1.807) is 6.20 Å². The van der Waals surface area contributed by atoms with Gasteiger partial charge in [0.15, 0.2) is 0 Å². The molecule has 132 valence electrons. The van der Waals surface area contributed by atoms with E-state index in [0.29, 0.717) is 12.1 Å². The molecule has 0 unspecified atom stereocenters. The summed E-state index contributed by atoms with van der Waals surface area (Å²) in [5.74, 6) is -0.0197. The lowest BCUT2D eigenvalue weighted by Crippen LogP contribution is -2.27. The van der Waals surface area contributed by atoms with Crippen molar-refractivity contribution in [1.82, 2.24) is 10.3 Å². The summed E-state index contributed by atoms with van der Waals surface area (Å²) < 4.78 is 0. The lowest BCUT2D eigenvalue weighted by molar-refractivity contribution is 0.0953. The van der Waals surface area contributed by atoms with Crippen LogP contribution in [0.5, 0.6) is 0 Å². The van der Waals surface area contributed by atoms with E-state index >= 15 is 0 Å². The second-order valence-electron chi connectivity index (χ2n) is 6.53. The molecule has 0 bridgehead atoms. The fraction of sp³-hybridized carbons (Fsp3) is 0.600. The van der Waals surface area contributed by atoms with Gasteiger partial charge in [-0.1, -0.05) is 25.5 Å². The molecule has 4 nitrogen and oxygen atoms in total. The quantitative estimate of drug-likeness (QED) is 0.686. The van der Waals surface area contributed by atoms with Crippen LogP contribution in [0.3, 0.4) is 0 Å². The summed E-state index contributed by atoms with van der Waals surface area (Å²) >= 11 is 0. The summed E-state index contributed by atoms with van der Waals surface area (Å²) in [7, 11) is 0. The summed E-state index contributed by atoms with van der Waals surface area (Å²) in [5.41, 5.74) is 3.19. The number of anilines is 1. The molecule has 4 heteroatoms. The Labute approximate surface area is 146 Å². The molecule has 1 aromatic rings. The van der Waals surface area contributed by atoms with E-state index in [0.717, 1.165) is 38.0 Å². The third-order valence-corrected chi connectivity index (χ3v) is 4.45. The molecule has 0 radical (unpaired) electrons. The van der Waals surface area contributed by atoms with E-state index in [4.69, 9.17) is 0 Å². The largest absolute Gasteiger partial charge is 0.370 e. The highest BCUT2D eigenvalue weighted by Crippen LogP contribution is 2.19. The topological polar surface area (TPSA) is 45.2 Å². The number of hydrogen-bond acceptors (Lipinski definition) is 3. The monoisotopic (exact) mass is 329 g/mol. The van der Waals surface area contributed by atoms with Crippen LogP contribution in [0.1, 0.15) is 69.2 Å². The summed E-state index contributed by atoms with van der Waals surface area (Å²) in [4.78, 5) is 19.0. The second-order valence-corrected chi connectivity index (χ2v) is 6.53. The van der Waals surface area contributed by atoms with Crippen LogP contribution in [0.2, 0.25) is 0 Å². The van der Waals surface area contributed by atoms with Crippen molar-refractivity contribution in [3.05, 3.63) is 35.7 Å². The minimum Gasteiger partial charge on any atom is -0.370 e. The average Bonchev–Trinajstić information content (AvgIpc) is 2.62. The van der Waals surface area contributed by atoms with Gasteiger partial charge in [-0.15, -0.1) is 0 Å². The molecule has 0 spiro atoms. The van der Waals surface area contributed by atoms with Crippen molar-refractivity contribution in [2.75, 3.05) is 24.5 Å². The van der Waals surface area contributed by atoms with Gasteiger partial charge in [0.2, 0.25) is 0 Å². The van der Waals surface area contributed by atoms with Crippen molar-refractivity contribution in [2.24, 2.45) is 0 Å². The highest BCUT2D eigenvalue weighted by atomic mass is 16.1. The molecule has 0 atom stereocenters. The average molecular weight is 329 g/mol. The van der Waals surface area contributed by atoms with Crippen LogP contribution in [-0.4, -0.2) is 30.5 Å². The van der Waals surface area contributed by atoms with Crippen LogP contribution in [0, 0.1) is 0 Å². The lowest BCUT2D eigenvalue weighted by atomic mass is 9.97. The first-order valence-electron chi connectivity index (χ1n) is 9.40. The van der Waals surface area contributed by atoms with Gasteiger partial charge in [0, 0.05) is 25.8 Å². The van der Waals surface area contributed by atoms with E-state index in [2.05, 4.69) is 35.1 Å². The van der Waals surface area contributed by atoms with E-state index in [-0.39, 0.29) is 5.91 Å². The van der Waals surface area contributed by atoms with E-state index in [1.165, 1.54) is 31.3 Å². The Hall–Kier alpha value is -1.84. The molecule has 0 fully saturated rings. The van der Waals surface area contributed by atoms with Crippen molar-refractivity contribution in [1.29, 1.82) is 0 Å². The SMILES string of the molecule is CCCN(CCC)c1cncc(C(=O)NCCC2=CCCCC2)c1. The van der Waals surface area contributed by atoms with E-state index < -0.39 is 0 Å². The summed E-state index contributed by atoms with van der Waals surface area (Å²) in [6.07, 6.45) is 14.0. The molecule has 1 aromatic heterocycles. The number of carbonyl (C=O) groups excluding carboxylic acids is 1. The third kappa shape index (κ3) is 5.66. The van der Waals surface area contributed by atoms with Crippen LogP contribution in [0.4, 0.5) is 5.69 Å². The summed E-state index contributed by atoms with van der Waals surface area (Å²) in [6.45, 7) is 7.05. The van der Waals surface area contributed by atoms with Crippen molar-refractivity contribution >= 4 is 11.6 Å². The maximum atomic E-state index is 12.4. The number of nitrogens with one attached hydrogen (secondary N) is 1. The Bertz CT molecular complexity index is 548. The van der Waals surface area contributed by atoms with E-state index in [9.17, 15) is 4.79 Å². The minimum absolute atomic E-state index is 0.0197. The Balaban J connectivity index is 1.91. The van der Waals surface area contributed by atoms with Crippen LogP contribution in [0.15, 0.2) is 30.1 Å². The summed E-state index contributed by atoms with van der Waals surface area (Å²) in [6, 6.07) is 1.97. The number of allylic oxidation sites excluding steroid dienone is 1.